The summed E-state index contributed by atoms with van der Waals surface area (Å²) in [5.41, 5.74) is 9.36. The predicted molar refractivity (Wildman–Crippen MR) is 103 cm³/mol. The van der Waals surface area contributed by atoms with Crippen molar-refractivity contribution >= 4 is 28.4 Å². The van der Waals surface area contributed by atoms with Gasteiger partial charge in [-0.25, -0.2) is 0 Å². The van der Waals surface area contributed by atoms with Crippen LogP contribution in [0.2, 0.25) is 0 Å². The van der Waals surface area contributed by atoms with Crippen LogP contribution in [0.1, 0.15) is 28.0 Å². The summed E-state index contributed by atoms with van der Waals surface area (Å²) in [7, 11) is 0. The molecule has 0 bridgehead atoms. The number of para-hydroxylation sites is 1. The lowest BCUT2D eigenvalue weighted by atomic mass is 10.0. The Labute approximate surface area is 156 Å². The molecule has 1 aliphatic heterocycles. The summed E-state index contributed by atoms with van der Waals surface area (Å²) in [6, 6.07) is 13.8. The summed E-state index contributed by atoms with van der Waals surface area (Å²) in [6.07, 6.45) is 2.03. The number of aromatic nitrogens is 2. The van der Waals surface area contributed by atoms with Gasteiger partial charge in [0.2, 0.25) is 0 Å². The SMILES string of the molecule is Cc1ccc2[nH]nc(C(=O)NNC(=O)CN3CCCc4ccccc43)c2c1. The number of H-pyrrole nitrogens is 1. The molecule has 0 saturated heterocycles. The van der Waals surface area contributed by atoms with Gasteiger partial charge in [0.05, 0.1) is 12.1 Å². The van der Waals surface area contributed by atoms with Gasteiger partial charge in [0.1, 0.15) is 0 Å². The number of aryl methyl sites for hydroxylation is 2. The second kappa shape index (κ2) is 7.11. The fourth-order valence-electron chi connectivity index (χ4n) is 3.48. The minimum absolute atomic E-state index is 0.192. The average molecular weight is 363 g/mol. The van der Waals surface area contributed by atoms with Crippen molar-refractivity contribution in [3.8, 4) is 0 Å². The number of anilines is 1. The number of carbonyl (C=O) groups excluding carboxylic acids is 2. The van der Waals surface area contributed by atoms with Gasteiger partial charge < -0.3 is 4.90 Å². The van der Waals surface area contributed by atoms with Crippen LogP contribution in [0.4, 0.5) is 5.69 Å². The molecule has 1 aromatic heterocycles. The van der Waals surface area contributed by atoms with Crippen LogP contribution in [-0.2, 0) is 11.2 Å². The molecule has 0 atom stereocenters. The number of hydrogen-bond donors (Lipinski definition) is 3. The van der Waals surface area contributed by atoms with Gasteiger partial charge in [0, 0.05) is 17.6 Å². The Morgan fingerprint density at radius 1 is 1.19 bits per heavy atom. The lowest BCUT2D eigenvalue weighted by Crippen LogP contribution is -2.47. The maximum atomic E-state index is 12.4. The Morgan fingerprint density at radius 2 is 2.04 bits per heavy atom. The maximum absolute atomic E-state index is 12.4. The van der Waals surface area contributed by atoms with Crippen LogP contribution in [0.5, 0.6) is 0 Å². The molecule has 0 unspecified atom stereocenters. The van der Waals surface area contributed by atoms with E-state index in [-0.39, 0.29) is 18.1 Å². The first kappa shape index (κ1) is 17.1. The maximum Gasteiger partial charge on any atom is 0.290 e. The molecular formula is C20H21N5O2. The highest BCUT2D eigenvalue weighted by molar-refractivity contribution is 6.05. The zero-order chi connectivity index (χ0) is 18.8. The van der Waals surface area contributed by atoms with E-state index in [9.17, 15) is 9.59 Å². The first-order chi connectivity index (χ1) is 13.1. The zero-order valence-electron chi connectivity index (χ0n) is 15.1. The van der Waals surface area contributed by atoms with Gasteiger partial charge in [-0.2, -0.15) is 5.10 Å². The molecule has 3 aromatic rings. The molecule has 1 aliphatic rings. The molecule has 0 spiro atoms. The van der Waals surface area contributed by atoms with Gasteiger partial charge in [-0.3, -0.25) is 25.5 Å². The van der Waals surface area contributed by atoms with Gasteiger partial charge in [0.25, 0.3) is 11.8 Å². The summed E-state index contributed by atoms with van der Waals surface area (Å²) in [5, 5.41) is 7.62. The Morgan fingerprint density at radius 3 is 2.93 bits per heavy atom. The Bertz CT molecular complexity index is 1010. The van der Waals surface area contributed by atoms with E-state index < -0.39 is 5.91 Å². The monoisotopic (exact) mass is 363 g/mol. The summed E-state index contributed by atoms with van der Waals surface area (Å²) < 4.78 is 0. The number of fused-ring (bicyclic) bond motifs is 2. The number of hydrogen-bond acceptors (Lipinski definition) is 4. The molecule has 0 radical (unpaired) electrons. The number of hydrazine groups is 1. The highest BCUT2D eigenvalue weighted by Crippen LogP contribution is 2.26. The number of carbonyl (C=O) groups is 2. The van der Waals surface area contributed by atoms with Crippen molar-refractivity contribution in [2.45, 2.75) is 19.8 Å². The molecule has 4 rings (SSSR count). The van der Waals surface area contributed by atoms with E-state index in [1.54, 1.807) is 0 Å². The van der Waals surface area contributed by atoms with E-state index in [1.165, 1.54) is 5.56 Å². The zero-order valence-corrected chi connectivity index (χ0v) is 15.1. The first-order valence-electron chi connectivity index (χ1n) is 8.98. The minimum Gasteiger partial charge on any atom is -0.362 e. The molecule has 138 valence electrons. The molecular weight excluding hydrogens is 342 g/mol. The van der Waals surface area contributed by atoms with Crippen molar-refractivity contribution in [2.75, 3.05) is 18.0 Å². The standard InChI is InChI=1S/C20H21N5O2/c1-13-8-9-16-15(11-13)19(23-21-16)20(27)24-22-18(26)12-25-10-4-6-14-5-2-3-7-17(14)25/h2-3,5,7-9,11H,4,6,10,12H2,1H3,(H,21,23)(H,22,26)(H,24,27). The van der Waals surface area contributed by atoms with E-state index in [4.69, 9.17) is 0 Å². The quantitative estimate of drug-likeness (QED) is 0.622. The fourth-order valence-corrected chi connectivity index (χ4v) is 3.48. The van der Waals surface area contributed by atoms with Gasteiger partial charge >= 0.3 is 0 Å². The van der Waals surface area contributed by atoms with Crippen molar-refractivity contribution in [2.24, 2.45) is 0 Å². The van der Waals surface area contributed by atoms with Gasteiger partial charge in [-0.15, -0.1) is 0 Å². The fraction of sp³-hybridized carbons (Fsp3) is 0.250. The largest absolute Gasteiger partial charge is 0.362 e. The van der Waals surface area contributed by atoms with Crippen molar-refractivity contribution in [1.82, 2.24) is 21.0 Å². The van der Waals surface area contributed by atoms with Crippen LogP contribution in [0.15, 0.2) is 42.5 Å². The molecule has 2 amide bonds. The van der Waals surface area contributed by atoms with Crippen LogP contribution < -0.4 is 15.8 Å². The topological polar surface area (TPSA) is 90.1 Å². The average Bonchev–Trinajstić information content (AvgIpc) is 3.09. The summed E-state index contributed by atoms with van der Waals surface area (Å²) in [5.74, 6) is -0.713. The summed E-state index contributed by atoms with van der Waals surface area (Å²) in [6.45, 7) is 2.96. The Hall–Kier alpha value is -3.35. The lowest BCUT2D eigenvalue weighted by Gasteiger charge is -2.30. The Balaban J connectivity index is 1.39. The van der Waals surface area contributed by atoms with E-state index in [0.717, 1.165) is 41.5 Å². The first-order valence-corrected chi connectivity index (χ1v) is 8.98. The van der Waals surface area contributed by atoms with Crippen LogP contribution >= 0.6 is 0 Å². The van der Waals surface area contributed by atoms with Crippen LogP contribution in [0.3, 0.4) is 0 Å². The predicted octanol–water partition coefficient (Wildman–Crippen LogP) is 2.09. The molecule has 3 N–H and O–H groups in total. The molecule has 0 aliphatic carbocycles. The van der Waals surface area contributed by atoms with E-state index in [0.29, 0.717) is 0 Å². The molecule has 7 heteroatoms. The van der Waals surface area contributed by atoms with Gasteiger partial charge in [0.15, 0.2) is 5.69 Å². The summed E-state index contributed by atoms with van der Waals surface area (Å²) in [4.78, 5) is 26.8. The number of nitrogens with one attached hydrogen (secondary N) is 3. The minimum atomic E-state index is -0.445. The van der Waals surface area contributed by atoms with Crippen LogP contribution in [0, 0.1) is 6.92 Å². The third-order valence-corrected chi connectivity index (χ3v) is 4.79. The number of aromatic amines is 1. The lowest BCUT2D eigenvalue weighted by molar-refractivity contribution is -0.120. The molecule has 0 fully saturated rings. The second-order valence-electron chi connectivity index (χ2n) is 6.78. The van der Waals surface area contributed by atoms with Crippen molar-refractivity contribution < 1.29 is 9.59 Å². The normalized spacial score (nSPS) is 13.3. The van der Waals surface area contributed by atoms with Crippen molar-refractivity contribution in [3.05, 3.63) is 59.3 Å². The number of benzene rings is 2. The third-order valence-electron chi connectivity index (χ3n) is 4.79. The summed E-state index contributed by atoms with van der Waals surface area (Å²) >= 11 is 0. The second-order valence-corrected chi connectivity index (χ2v) is 6.78. The highest BCUT2D eigenvalue weighted by atomic mass is 16.2. The molecule has 27 heavy (non-hydrogen) atoms. The van der Waals surface area contributed by atoms with Crippen molar-refractivity contribution in [1.29, 1.82) is 0 Å². The molecule has 7 nitrogen and oxygen atoms in total. The van der Waals surface area contributed by atoms with Crippen molar-refractivity contribution in [3.63, 3.8) is 0 Å². The van der Waals surface area contributed by atoms with E-state index in [2.05, 4.69) is 27.1 Å². The smallest absolute Gasteiger partial charge is 0.290 e. The third kappa shape index (κ3) is 3.48. The molecule has 2 heterocycles. The van der Waals surface area contributed by atoms with Gasteiger partial charge in [-0.05, 0) is 43.5 Å². The van der Waals surface area contributed by atoms with Gasteiger partial charge in [-0.1, -0.05) is 29.8 Å². The molecule has 0 saturated carbocycles. The Kier molecular flexibility index (Phi) is 4.50. The van der Waals surface area contributed by atoms with E-state index in [1.807, 2.05) is 48.2 Å². The highest BCUT2D eigenvalue weighted by Gasteiger charge is 2.20. The number of nitrogens with zero attached hydrogens (tertiary/aromatic N) is 2. The van der Waals surface area contributed by atoms with E-state index >= 15 is 0 Å². The number of amides is 2. The molecule has 2 aromatic carbocycles. The van der Waals surface area contributed by atoms with Crippen LogP contribution in [-0.4, -0.2) is 35.1 Å². The number of rotatable bonds is 3. The van der Waals surface area contributed by atoms with Crippen LogP contribution in [0.25, 0.3) is 10.9 Å².